The predicted molar refractivity (Wildman–Crippen MR) is 94.3 cm³/mol. The lowest BCUT2D eigenvalue weighted by Gasteiger charge is -2.34. The first kappa shape index (κ1) is 19.5. The third-order valence-electron chi connectivity index (χ3n) is 4.73. The number of ether oxygens (including phenoxy) is 1. The lowest BCUT2D eigenvalue weighted by molar-refractivity contribution is 0.0169. The van der Waals surface area contributed by atoms with E-state index in [0.29, 0.717) is 19.6 Å². The van der Waals surface area contributed by atoms with Crippen LogP contribution in [0.5, 0.6) is 0 Å². The van der Waals surface area contributed by atoms with Gasteiger partial charge in [-0.25, -0.2) is 17.9 Å². The predicted octanol–water partition coefficient (Wildman–Crippen LogP) is 2.89. The molecule has 0 spiro atoms. The lowest BCUT2D eigenvalue weighted by atomic mass is 9.99. The Morgan fingerprint density at radius 3 is 2.42 bits per heavy atom. The van der Waals surface area contributed by atoms with Crippen LogP contribution in [0.1, 0.15) is 65.7 Å². The lowest BCUT2D eigenvalue weighted by Crippen LogP contribution is -2.46. The molecule has 1 aliphatic heterocycles. The van der Waals surface area contributed by atoms with Crippen molar-refractivity contribution in [2.45, 2.75) is 76.6 Å². The van der Waals surface area contributed by atoms with E-state index in [2.05, 4.69) is 4.72 Å². The number of sulfonamides is 1. The maximum absolute atomic E-state index is 12.4. The molecule has 1 saturated heterocycles. The molecule has 2 fully saturated rings. The van der Waals surface area contributed by atoms with Gasteiger partial charge in [0.2, 0.25) is 10.0 Å². The van der Waals surface area contributed by atoms with Gasteiger partial charge in [0.15, 0.2) is 0 Å². The molecule has 1 aliphatic carbocycles. The quantitative estimate of drug-likeness (QED) is 0.836. The largest absolute Gasteiger partial charge is 0.444 e. The van der Waals surface area contributed by atoms with Crippen LogP contribution in [0, 0.1) is 5.92 Å². The minimum absolute atomic E-state index is 0.157. The van der Waals surface area contributed by atoms with Crippen molar-refractivity contribution in [1.82, 2.24) is 9.62 Å². The van der Waals surface area contributed by atoms with Gasteiger partial charge in [0.05, 0.1) is 5.25 Å². The van der Waals surface area contributed by atoms with Crippen LogP contribution in [-0.2, 0) is 14.8 Å². The smallest absolute Gasteiger partial charge is 0.410 e. The summed E-state index contributed by atoms with van der Waals surface area (Å²) < 4.78 is 33.0. The molecular formula is C17H32N2O4S. The Labute approximate surface area is 146 Å². The molecule has 140 valence electrons. The molecule has 0 aromatic heterocycles. The minimum Gasteiger partial charge on any atom is -0.444 e. The Morgan fingerprint density at radius 2 is 1.79 bits per heavy atom. The number of hydrogen-bond acceptors (Lipinski definition) is 4. The highest BCUT2D eigenvalue weighted by molar-refractivity contribution is 7.90. The van der Waals surface area contributed by atoms with Crippen molar-refractivity contribution >= 4 is 16.1 Å². The summed E-state index contributed by atoms with van der Waals surface area (Å²) in [5.41, 5.74) is -0.507. The number of amides is 1. The van der Waals surface area contributed by atoms with Gasteiger partial charge in [-0.3, -0.25) is 0 Å². The Hall–Kier alpha value is -0.820. The van der Waals surface area contributed by atoms with Crippen LogP contribution in [0.4, 0.5) is 4.79 Å². The fourth-order valence-corrected chi connectivity index (χ4v) is 5.11. The molecule has 7 heteroatoms. The van der Waals surface area contributed by atoms with Gasteiger partial charge in [0, 0.05) is 19.6 Å². The maximum atomic E-state index is 12.4. The molecule has 1 saturated carbocycles. The van der Waals surface area contributed by atoms with Crippen molar-refractivity contribution in [1.29, 1.82) is 0 Å². The highest BCUT2D eigenvalue weighted by atomic mass is 32.2. The summed E-state index contributed by atoms with van der Waals surface area (Å²) in [6, 6.07) is 0. The zero-order valence-corrected chi connectivity index (χ0v) is 16.0. The van der Waals surface area contributed by atoms with E-state index >= 15 is 0 Å². The van der Waals surface area contributed by atoms with Gasteiger partial charge in [-0.1, -0.05) is 19.3 Å². The van der Waals surface area contributed by atoms with Gasteiger partial charge >= 0.3 is 6.09 Å². The Balaban J connectivity index is 1.83. The number of rotatable bonds is 4. The van der Waals surface area contributed by atoms with Crippen molar-refractivity contribution < 1.29 is 17.9 Å². The number of likely N-dealkylation sites (tertiary alicyclic amines) is 1. The summed E-state index contributed by atoms with van der Waals surface area (Å²) in [5, 5.41) is -0.239. The topological polar surface area (TPSA) is 75.7 Å². The standard InChI is InChI=1S/C17H32N2O4S/c1-17(2,3)23-16(20)19-11-7-8-14(13-19)12-18-24(21,22)15-9-5-4-6-10-15/h14-15,18H,4-13H2,1-3H3. The molecule has 1 unspecified atom stereocenters. The third-order valence-corrected chi connectivity index (χ3v) is 6.65. The van der Waals surface area contributed by atoms with Gasteiger partial charge in [0.25, 0.3) is 0 Å². The van der Waals surface area contributed by atoms with Crippen molar-refractivity contribution in [2.75, 3.05) is 19.6 Å². The molecule has 6 nitrogen and oxygen atoms in total. The van der Waals surface area contributed by atoms with Crippen LogP contribution in [0.15, 0.2) is 0 Å². The molecule has 1 N–H and O–H groups in total. The van der Waals surface area contributed by atoms with Crippen LogP contribution in [0.2, 0.25) is 0 Å². The Kier molecular flexibility index (Phi) is 6.53. The van der Waals surface area contributed by atoms with Gasteiger partial charge < -0.3 is 9.64 Å². The second-order valence-electron chi connectivity index (χ2n) is 8.09. The number of carbonyl (C=O) groups is 1. The van der Waals surface area contributed by atoms with Gasteiger partial charge in [-0.15, -0.1) is 0 Å². The Bertz CT molecular complexity index is 521. The summed E-state index contributed by atoms with van der Waals surface area (Å²) in [6.45, 7) is 7.21. The summed E-state index contributed by atoms with van der Waals surface area (Å²) in [4.78, 5) is 13.9. The molecule has 2 rings (SSSR count). The van der Waals surface area contributed by atoms with E-state index in [0.717, 1.165) is 44.9 Å². The van der Waals surface area contributed by atoms with E-state index in [1.165, 1.54) is 0 Å². The van der Waals surface area contributed by atoms with Crippen LogP contribution in [0.25, 0.3) is 0 Å². The van der Waals surface area contributed by atoms with Gasteiger partial charge in [-0.2, -0.15) is 0 Å². The van der Waals surface area contributed by atoms with Gasteiger partial charge in [-0.05, 0) is 52.4 Å². The normalized spacial score (nSPS) is 24.0. The van der Waals surface area contributed by atoms with Crippen LogP contribution >= 0.6 is 0 Å². The second kappa shape index (κ2) is 8.04. The van der Waals surface area contributed by atoms with E-state index in [4.69, 9.17) is 4.74 Å². The minimum atomic E-state index is -3.23. The maximum Gasteiger partial charge on any atom is 0.410 e. The third kappa shape index (κ3) is 5.92. The monoisotopic (exact) mass is 360 g/mol. The van der Waals surface area contributed by atoms with Crippen molar-refractivity contribution in [2.24, 2.45) is 5.92 Å². The van der Waals surface area contributed by atoms with E-state index in [1.54, 1.807) is 4.90 Å². The molecule has 0 aromatic rings. The van der Waals surface area contributed by atoms with Crippen LogP contribution in [-0.4, -0.2) is 49.9 Å². The van der Waals surface area contributed by atoms with E-state index in [9.17, 15) is 13.2 Å². The molecule has 1 heterocycles. The fourth-order valence-electron chi connectivity index (χ4n) is 3.45. The highest BCUT2D eigenvalue weighted by Gasteiger charge is 2.30. The summed E-state index contributed by atoms with van der Waals surface area (Å²) in [7, 11) is -3.23. The molecule has 0 radical (unpaired) electrons. The van der Waals surface area contributed by atoms with Crippen molar-refractivity contribution in [3.8, 4) is 0 Å². The summed E-state index contributed by atoms with van der Waals surface area (Å²) in [5.74, 6) is 0.157. The number of piperidine rings is 1. The fraction of sp³-hybridized carbons (Fsp3) is 0.941. The number of nitrogens with zero attached hydrogens (tertiary/aromatic N) is 1. The van der Waals surface area contributed by atoms with Crippen LogP contribution in [0.3, 0.4) is 0 Å². The average Bonchev–Trinajstić information content (AvgIpc) is 2.53. The molecule has 0 aromatic carbocycles. The number of hydrogen-bond donors (Lipinski definition) is 1. The van der Waals surface area contributed by atoms with E-state index < -0.39 is 15.6 Å². The van der Waals surface area contributed by atoms with Crippen molar-refractivity contribution in [3.63, 3.8) is 0 Å². The molecule has 2 aliphatic rings. The van der Waals surface area contributed by atoms with E-state index in [-0.39, 0.29) is 17.3 Å². The number of carbonyl (C=O) groups excluding carboxylic acids is 1. The second-order valence-corrected chi connectivity index (χ2v) is 10.1. The molecule has 0 bridgehead atoms. The first-order valence-electron chi connectivity index (χ1n) is 9.14. The molecule has 1 atom stereocenters. The molecule has 1 amide bonds. The SMILES string of the molecule is CC(C)(C)OC(=O)N1CCCC(CNS(=O)(=O)C2CCCCC2)C1. The Morgan fingerprint density at radius 1 is 1.12 bits per heavy atom. The van der Waals surface area contributed by atoms with Crippen LogP contribution < -0.4 is 4.72 Å². The number of nitrogens with one attached hydrogen (secondary N) is 1. The van der Waals surface area contributed by atoms with Crippen molar-refractivity contribution in [3.05, 3.63) is 0 Å². The molecule has 24 heavy (non-hydrogen) atoms. The zero-order valence-electron chi connectivity index (χ0n) is 15.2. The zero-order chi connectivity index (χ0) is 17.8. The molecular weight excluding hydrogens is 328 g/mol. The first-order valence-corrected chi connectivity index (χ1v) is 10.7. The average molecular weight is 361 g/mol. The summed E-state index contributed by atoms with van der Waals surface area (Å²) in [6.07, 6.45) is 6.19. The van der Waals surface area contributed by atoms with Gasteiger partial charge in [0.1, 0.15) is 5.60 Å². The summed E-state index contributed by atoms with van der Waals surface area (Å²) >= 11 is 0. The van der Waals surface area contributed by atoms with E-state index in [1.807, 2.05) is 20.8 Å². The highest BCUT2D eigenvalue weighted by Crippen LogP contribution is 2.24. The first-order chi connectivity index (χ1) is 11.2.